The Labute approximate surface area is 144 Å². The highest BCUT2D eigenvalue weighted by atomic mass is 35.5. The zero-order valence-electron chi connectivity index (χ0n) is 12.7. The molecule has 1 amide bonds. The van der Waals surface area contributed by atoms with Gasteiger partial charge in [0, 0.05) is 15.7 Å². The molecule has 0 saturated carbocycles. The van der Waals surface area contributed by atoms with Crippen LogP contribution in [-0.4, -0.2) is 18.3 Å². The molecule has 1 N–H and O–H groups in total. The Morgan fingerprint density at radius 1 is 1.13 bits per heavy atom. The minimum Gasteiger partial charge on any atom is -0.483 e. The van der Waals surface area contributed by atoms with E-state index in [0.29, 0.717) is 27.0 Å². The molecule has 0 fully saturated rings. The Balaban J connectivity index is 2.02. The Morgan fingerprint density at radius 2 is 1.87 bits per heavy atom. The molecule has 0 heterocycles. The van der Waals surface area contributed by atoms with Crippen LogP contribution in [-0.2, 0) is 4.79 Å². The van der Waals surface area contributed by atoms with E-state index in [1.165, 1.54) is 13.0 Å². The van der Waals surface area contributed by atoms with Gasteiger partial charge < -0.3 is 10.1 Å². The monoisotopic (exact) mass is 351 g/mol. The van der Waals surface area contributed by atoms with Gasteiger partial charge >= 0.3 is 0 Å². The SMILES string of the molecule is CC(=O)c1cc(Cl)ccc1OCC(=O)Nc1ccc(C)c(Cl)c1. The van der Waals surface area contributed by atoms with Gasteiger partial charge in [0.1, 0.15) is 5.75 Å². The summed E-state index contributed by atoms with van der Waals surface area (Å²) < 4.78 is 5.42. The normalized spacial score (nSPS) is 10.3. The molecular formula is C17H15Cl2NO3. The zero-order chi connectivity index (χ0) is 17.0. The summed E-state index contributed by atoms with van der Waals surface area (Å²) in [6, 6.07) is 9.90. The molecule has 0 aliphatic carbocycles. The van der Waals surface area contributed by atoms with Gasteiger partial charge in [-0.05, 0) is 49.7 Å². The third-order valence-corrected chi connectivity index (χ3v) is 3.78. The third kappa shape index (κ3) is 4.71. The van der Waals surface area contributed by atoms with Crippen LogP contribution in [0.25, 0.3) is 0 Å². The largest absolute Gasteiger partial charge is 0.483 e. The first-order valence-corrected chi connectivity index (χ1v) is 7.61. The highest BCUT2D eigenvalue weighted by Gasteiger charge is 2.11. The number of anilines is 1. The van der Waals surface area contributed by atoms with Crippen LogP contribution in [0, 0.1) is 6.92 Å². The van der Waals surface area contributed by atoms with E-state index >= 15 is 0 Å². The maximum absolute atomic E-state index is 11.9. The maximum atomic E-state index is 11.9. The van der Waals surface area contributed by atoms with Gasteiger partial charge in [0.2, 0.25) is 0 Å². The molecule has 6 heteroatoms. The Hall–Kier alpha value is -2.04. The van der Waals surface area contributed by atoms with E-state index in [9.17, 15) is 9.59 Å². The molecule has 0 spiro atoms. The number of ketones is 1. The molecule has 0 bridgehead atoms. The second kappa shape index (κ2) is 7.49. The molecule has 4 nitrogen and oxygen atoms in total. The van der Waals surface area contributed by atoms with Crippen LogP contribution in [0.5, 0.6) is 5.75 Å². The van der Waals surface area contributed by atoms with E-state index in [4.69, 9.17) is 27.9 Å². The van der Waals surface area contributed by atoms with E-state index in [2.05, 4.69) is 5.32 Å². The fourth-order valence-corrected chi connectivity index (χ4v) is 2.27. The molecule has 0 aromatic heterocycles. The van der Waals surface area contributed by atoms with E-state index < -0.39 is 0 Å². The van der Waals surface area contributed by atoms with E-state index in [-0.39, 0.29) is 18.3 Å². The molecule has 2 aromatic carbocycles. The van der Waals surface area contributed by atoms with Crippen molar-refractivity contribution in [1.29, 1.82) is 0 Å². The lowest BCUT2D eigenvalue weighted by molar-refractivity contribution is -0.118. The fourth-order valence-electron chi connectivity index (χ4n) is 1.91. The molecule has 0 unspecified atom stereocenters. The van der Waals surface area contributed by atoms with Gasteiger partial charge in [-0.25, -0.2) is 0 Å². The Kier molecular flexibility index (Phi) is 5.64. The molecule has 0 atom stereocenters. The minimum absolute atomic E-state index is 0.187. The summed E-state index contributed by atoms with van der Waals surface area (Å²) in [6.45, 7) is 3.06. The minimum atomic E-state index is -0.352. The number of hydrogen-bond acceptors (Lipinski definition) is 3. The summed E-state index contributed by atoms with van der Waals surface area (Å²) in [5, 5.41) is 3.68. The van der Waals surface area contributed by atoms with Crippen molar-refractivity contribution in [2.75, 3.05) is 11.9 Å². The number of carbonyl (C=O) groups excluding carboxylic acids is 2. The number of rotatable bonds is 5. The van der Waals surface area contributed by atoms with Gasteiger partial charge in [-0.2, -0.15) is 0 Å². The van der Waals surface area contributed by atoms with Crippen LogP contribution >= 0.6 is 23.2 Å². The second-order valence-electron chi connectivity index (χ2n) is 5.00. The van der Waals surface area contributed by atoms with Gasteiger partial charge in [0.05, 0.1) is 5.56 Å². The van der Waals surface area contributed by atoms with Crippen molar-refractivity contribution in [2.24, 2.45) is 0 Å². The number of ether oxygens (including phenoxy) is 1. The lowest BCUT2D eigenvalue weighted by Crippen LogP contribution is -2.20. The van der Waals surface area contributed by atoms with Crippen molar-refractivity contribution in [2.45, 2.75) is 13.8 Å². The van der Waals surface area contributed by atoms with Gasteiger partial charge in [0.25, 0.3) is 5.91 Å². The molecule has 2 rings (SSSR count). The molecule has 2 aromatic rings. The first kappa shape index (κ1) is 17.3. The van der Waals surface area contributed by atoms with Crippen molar-refractivity contribution in [3.63, 3.8) is 0 Å². The number of amides is 1. The van der Waals surface area contributed by atoms with Crippen molar-refractivity contribution < 1.29 is 14.3 Å². The summed E-state index contributed by atoms with van der Waals surface area (Å²) in [5.41, 5.74) is 1.84. The third-order valence-electron chi connectivity index (χ3n) is 3.14. The van der Waals surface area contributed by atoms with E-state index in [1.807, 2.05) is 13.0 Å². The fraction of sp³-hybridized carbons (Fsp3) is 0.176. The van der Waals surface area contributed by atoms with Gasteiger partial charge in [-0.3, -0.25) is 9.59 Å². The molecule has 0 radical (unpaired) electrons. The van der Waals surface area contributed by atoms with Crippen molar-refractivity contribution in [1.82, 2.24) is 0 Å². The number of halogens is 2. The van der Waals surface area contributed by atoms with Gasteiger partial charge in [-0.1, -0.05) is 29.3 Å². The molecule has 0 aliphatic heterocycles. The zero-order valence-corrected chi connectivity index (χ0v) is 14.2. The van der Waals surface area contributed by atoms with Crippen molar-refractivity contribution in [3.05, 3.63) is 57.6 Å². The summed E-state index contributed by atoms with van der Waals surface area (Å²) in [5.74, 6) is -0.221. The van der Waals surface area contributed by atoms with E-state index in [0.717, 1.165) is 5.56 Å². The lowest BCUT2D eigenvalue weighted by atomic mass is 10.1. The lowest BCUT2D eigenvalue weighted by Gasteiger charge is -2.11. The predicted octanol–water partition coefficient (Wildman–Crippen LogP) is 4.52. The number of carbonyl (C=O) groups is 2. The van der Waals surface area contributed by atoms with Gasteiger partial charge in [-0.15, -0.1) is 0 Å². The quantitative estimate of drug-likeness (QED) is 0.805. The van der Waals surface area contributed by atoms with Crippen LogP contribution in [0.2, 0.25) is 10.0 Å². The number of aryl methyl sites for hydroxylation is 1. The smallest absolute Gasteiger partial charge is 0.262 e. The molecular weight excluding hydrogens is 337 g/mol. The van der Waals surface area contributed by atoms with E-state index in [1.54, 1.807) is 24.3 Å². The second-order valence-corrected chi connectivity index (χ2v) is 5.84. The Bertz CT molecular complexity index is 759. The number of hydrogen-bond donors (Lipinski definition) is 1. The predicted molar refractivity (Wildman–Crippen MR) is 91.8 cm³/mol. The molecule has 0 saturated heterocycles. The van der Waals surface area contributed by atoms with Crippen LogP contribution in [0.1, 0.15) is 22.8 Å². The summed E-state index contributed by atoms with van der Waals surface area (Å²) in [6.07, 6.45) is 0. The highest BCUT2D eigenvalue weighted by Crippen LogP contribution is 2.24. The van der Waals surface area contributed by atoms with Crippen LogP contribution in [0.15, 0.2) is 36.4 Å². The molecule has 120 valence electrons. The maximum Gasteiger partial charge on any atom is 0.262 e. The van der Waals surface area contributed by atoms with Crippen molar-refractivity contribution in [3.8, 4) is 5.75 Å². The average Bonchev–Trinajstić information content (AvgIpc) is 2.49. The molecule has 23 heavy (non-hydrogen) atoms. The standard InChI is InChI=1S/C17H15Cl2NO3/c1-10-3-5-13(8-15(10)19)20-17(22)9-23-16-6-4-12(18)7-14(16)11(2)21/h3-8H,9H2,1-2H3,(H,20,22). The molecule has 0 aliphatic rings. The summed E-state index contributed by atoms with van der Waals surface area (Å²) >= 11 is 11.9. The Morgan fingerprint density at radius 3 is 2.52 bits per heavy atom. The number of benzene rings is 2. The first-order chi connectivity index (χ1) is 10.9. The summed E-state index contributed by atoms with van der Waals surface area (Å²) in [7, 11) is 0. The van der Waals surface area contributed by atoms with Crippen molar-refractivity contribution >= 4 is 40.6 Å². The number of nitrogens with one attached hydrogen (secondary N) is 1. The van der Waals surface area contributed by atoms with Crippen LogP contribution < -0.4 is 10.1 Å². The topological polar surface area (TPSA) is 55.4 Å². The number of Topliss-reactive ketones (excluding diaryl/α,β-unsaturated/α-hetero) is 1. The van der Waals surface area contributed by atoms with Crippen LogP contribution in [0.3, 0.4) is 0 Å². The first-order valence-electron chi connectivity index (χ1n) is 6.86. The van der Waals surface area contributed by atoms with Gasteiger partial charge in [0.15, 0.2) is 12.4 Å². The summed E-state index contributed by atoms with van der Waals surface area (Å²) in [4.78, 5) is 23.5. The van der Waals surface area contributed by atoms with Crippen LogP contribution in [0.4, 0.5) is 5.69 Å². The highest BCUT2D eigenvalue weighted by molar-refractivity contribution is 6.31. The average molecular weight is 352 g/mol.